The van der Waals surface area contributed by atoms with Crippen LogP contribution in [0.5, 0.6) is 0 Å². The van der Waals surface area contributed by atoms with E-state index in [1.807, 2.05) is 72.8 Å². The molecule has 2 N–H and O–H groups in total. The zero-order valence-electron chi connectivity index (χ0n) is 28.7. The van der Waals surface area contributed by atoms with Gasteiger partial charge in [-0.15, -0.1) is 0 Å². The van der Waals surface area contributed by atoms with Crippen molar-refractivity contribution < 1.29 is 38.2 Å². The molecule has 53 heavy (non-hydrogen) atoms. The molecule has 0 bridgehead atoms. The Balaban J connectivity index is 0.999. The van der Waals surface area contributed by atoms with Crippen molar-refractivity contribution in [3.8, 4) is 11.1 Å². The molecule has 9 rings (SSSR count). The van der Waals surface area contributed by atoms with E-state index in [-0.39, 0.29) is 11.8 Å². The molecule has 10 heteroatoms. The van der Waals surface area contributed by atoms with Crippen molar-refractivity contribution in [2.45, 2.75) is 43.9 Å². The molecule has 0 radical (unpaired) electrons. The Morgan fingerprint density at radius 1 is 0.491 bits per heavy atom. The number of cyclic esters (lactones) is 4. The van der Waals surface area contributed by atoms with Gasteiger partial charge in [-0.25, -0.2) is 0 Å². The molecule has 4 fully saturated rings. The highest BCUT2D eigenvalue weighted by Gasteiger charge is 2.50. The minimum atomic E-state index is -0.709. The maximum absolute atomic E-state index is 13.4. The minimum Gasteiger partial charge on any atom is -0.393 e. The van der Waals surface area contributed by atoms with Crippen molar-refractivity contribution in [3.05, 3.63) is 119 Å². The first kappa shape index (κ1) is 33.0. The first-order valence-electron chi connectivity index (χ1n) is 18.3. The lowest BCUT2D eigenvalue weighted by atomic mass is 9.67. The summed E-state index contributed by atoms with van der Waals surface area (Å²) in [7, 11) is 0. The number of esters is 4. The Labute approximate surface area is 305 Å². The second-order valence-electron chi connectivity index (χ2n) is 14.9. The van der Waals surface area contributed by atoms with Crippen LogP contribution in [0.1, 0.15) is 60.8 Å². The fourth-order valence-electron chi connectivity index (χ4n) is 9.52. The Bertz CT molecular complexity index is 2050. The van der Waals surface area contributed by atoms with E-state index in [1.54, 1.807) is 0 Å². The van der Waals surface area contributed by atoms with E-state index in [2.05, 4.69) is 34.9 Å². The van der Waals surface area contributed by atoms with Gasteiger partial charge in [0, 0.05) is 23.2 Å². The van der Waals surface area contributed by atoms with E-state index in [9.17, 15) is 28.8 Å². The van der Waals surface area contributed by atoms with Gasteiger partial charge in [-0.1, -0.05) is 72.8 Å². The summed E-state index contributed by atoms with van der Waals surface area (Å²) in [5.74, 6) is -5.19. The molecule has 0 spiro atoms. The number of hydrogen-bond acceptors (Lipinski definition) is 8. The quantitative estimate of drug-likeness (QED) is 0.158. The van der Waals surface area contributed by atoms with E-state index in [0.29, 0.717) is 49.9 Å². The SMILES string of the molecule is O=C(Nc1ccc(C2(c3ccc(NC(=O)C4CCC5C(=O)OC(=O)C5C4)cc3)c3ccccc3-c3ccccc32)cc1)C1CCC2C(=O)OC(=O)C2C1. The van der Waals surface area contributed by atoms with Gasteiger partial charge in [0.2, 0.25) is 11.8 Å². The van der Waals surface area contributed by atoms with Gasteiger partial charge in [0.25, 0.3) is 0 Å². The standard InChI is InChI=1S/C43H36N2O8/c46-37(23-9-19-31-33(21-23)41(50)52-39(31)48)44-27-15-11-25(12-16-27)43(35-7-3-1-5-29(35)30-6-2-4-8-36(30)43)26-13-17-28(18-14-26)45-38(47)24-10-20-32-34(22-24)42(51)53-40(32)49/h1-8,11-18,23-24,31-34H,9-10,19-22H2,(H,44,46)(H,45,47). The van der Waals surface area contributed by atoms with Gasteiger partial charge in [0.15, 0.2) is 0 Å². The Kier molecular flexibility index (Phi) is 7.87. The van der Waals surface area contributed by atoms with Crippen molar-refractivity contribution in [2.24, 2.45) is 35.5 Å². The van der Waals surface area contributed by atoms with E-state index in [0.717, 1.165) is 33.4 Å². The predicted molar refractivity (Wildman–Crippen MR) is 192 cm³/mol. The summed E-state index contributed by atoms with van der Waals surface area (Å²) >= 11 is 0. The molecule has 2 amide bonds. The zero-order valence-corrected chi connectivity index (χ0v) is 28.7. The average Bonchev–Trinajstić information content (AvgIpc) is 3.76. The van der Waals surface area contributed by atoms with Crippen LogP contribution in [-0.4, -0.2) is 35.7 Å². The van der Waals surface area contributed by atoms with Crippen LogP contribution in [-0.2, 0) is 43.7 Å². The zero-order chi connectivity index (χ0) is 36.4. The third-order valence-corrected chi connectivity index (χ3v) is 12.2. The molecule has 0 aromatic heterocycles. The van der Waals surface area contributed by atoms with Crippen LogP contribution in [0.3, 0.4) is 0 Å². The van der Waals surface area contributed by atoms with Gasteiger partial charge in [-0.3, -0.25) is 28.8 Å². The Morgan fingerprint density at radius 3 is 1.28 bits per heavy atom. The van der Waals surface area contributed by atoms with Crippen LogP contribution in [0, 0.1) is 35.5 Å². The van der Waals surface area contributed by atoms with Crippen molar-refractivity contribution in [2.75, 3.05) is 10.6 Å². The molecule has 3 aliphatic carbocycles. The molecular formula is C43H36N2O8. The predicted octanol–water partition coefficient (Wildman–Crippen LogP) is 6.16. The van der Waals surface area contributed by atoms with Gasteiger partial charge >= 0.3 is 23.9 Å². The molecule has 2 saturated carbocycles. The molecule has 266 valence electrons. The van der Waals surface area contributed by atoms with E-state index in [4.69, 9.17) is 9.47 Å². The maximum Gasteiger partial charge on any atom is 0.317 e. The van der Waals surface area contributed by atoms with E-state index < -0.39 is 64.8 Å². The smallest absolute Gasteiger partial charge is 0.317 e. The summed E-state index contributed by atoms with van der Waals surface area (Å²) in [6.45, 7) is 0. The highest BCUT2D eigenvalue weighted by atomic mass is 16.6. The van der Waals surface area contributed by atoms with Crippen molar-refractivity contribution in [3.63, 3.8) is 0 Å². The Hall–Kier alpha value is -5.90. The van der Waals surface area contributed by atoms with Crippen LogP contribution >= 0.6 is 0 Å². The van der Waals surface area contributed by atoms with Crippen LogP contribution in [0.25, 0.3) is 11.1 Å². The second-order valence-corrected chi connectivity index (χ2v) is 14.9. The van der Waals surface area contributed by atoms with Gasteiger partial charge in [0.1, 0.15) is 0 Å². The molecule has 2 aliphatic heterocycles. The summed E-state index contributed by atoms with van der Waals surface area (Å²) in [5.41, 5.74) is 7.00. The fraction of sp³-hybridized carbons (Fsp3) is 0.302. The number of nitrogens with one attached hydrogen (secondary N) is 2. The number of carbonyl (C=O) groups excluding carboxylic acids is 6. The number of anilines is 2. The van der Waals surface area contributed by atoms with Crippen molar-refractivity contribution >= 4 is 47.1 Å². The van der Waals surface area contributed by atoms with Crippen LogP contribution in [0.15, 0.2) is 97.1 Å². The molecule has 4 aromatic carbocycles. The summed E-state index contributed by atoms with van der Waals surface area (Å²) in [6, 6.07) is 32.4. The van der Waals surface area contributed by atoms with E-state index >= 15 is 0 Å². The first-order valence-corrected chi connectivity index (χ1v) is 18.3. The van der Waals surface area contributed by atoms with Gasteiger partial charge < -0.3 is 20.1 Å². The molecular weight excluding hydrogens is 672 g/mol. The third kappa shape index (κ3) is 5.30. The molecule has 5 aliphatic rings. The molecule has 4 aromatic rings. The third-order valence-electron chi connectivity index (χ3n) is 12.2. The molecule has 6 unspecified atom stereocenters. The van der Waals surface area contributed by atoms with Crippen LogP contribution in [0.2, 0.25) is 0 Å². The first-order chi connectivity index (χ1) is 25.7. The highest BCUT2D eigenvalue weighted by molar-refractivity contribution is 5.99. The number of rotatable bonds is 6. The minimum absolute atomic E-state index is 0.183. The fourth-order valence-corrected chi connectivity index (χ4v) is 9.52. The average molecular weight is 709 g/mol. The molecule has 10 nitrogen and oxygen atoms in total. The lowest BCUT2D eigenvalue weighted by Gasteiger charge is -2.34. The largest absolute Gasteiger partial charge is 0.393 e. The number of fused-ring (bicyclic) bond motifs is 5. The monoisotopic (exact) mass is 708 g/mol. The van der Waals surface area contributed by atoms with Crippen molar-refractivity contribution in [1.82, 2.24) is 0 Å². The number of benzene rings is 4. The van der Waals surface area contributed by atoms with Gasteiger partial charge in [0.05, 0.1) is 29.1 Å². The maximum atomic E-state index is 13.4. The van der Waals surface area contributed by atoms with Crippen LogP contribution < -0.4 is 10.6 Å². The van der Waals surface area contributed by atoms with Crippen LogP contribution in [0.4, 0.5) is 11.4 Å². The van der Waals surface area contributed by atoms with Gasteiger partial charge in [-0.2, -0.15) is 0 Å². The number of carbonyl (C=O) groups is 6. The van der Waals surface area contributed by atoms with Gasteiger partial charge in [-0.05, 0) is 96.2 Å². The highest BCUT2D eigenvalue weighted by Crippen LogP contribution is 2.56. The second kappa shape index (κ2) is 12.6. The topological polar surface area (TPSA) is 145 Å². The number of hydrogen-bond donors (Lipinski definition) is 2. The van der Waals surface area contributed by atoms with E-state index in [1.165, 1.54) is 0 Å². The summed E-state index contributed by atoms with van der Waals surface area (Å²) < 4.78 is 9.66. The lowest BCUT2D eigenvalue weighted by molar-refractivity contribution is -0.155. The summed E-state index contributed by atoms with van der Waals surface area (Å²) in [4.78, 5) is 75.1. The molecule has 2 heterocycles. The normalized spacial score (nSPS) is 26.4. The molecule has 2 saturated heterocycles. The number of amides is 2. The summed E-state index contributed by atoms with van der Waals surface area (Å²) in [5, 5.41) is 6.07. The Morgan fingerprint density at radius 2 is 0.868 bits per heavy atom. The number of ether oxygens (including phenoxy) is 2. The lowest BCUT2D eigenvalue weighted by Crippen LogP contribution is -2.33. The summed E-state index contributed by atoms with van der Waals surface area (Å²) in [6.07, 6.45) is 2.52. The molecule has 6 atom stereocenters. The van der Waals surface area contributed by atoms with Crippen molar-refractivity contribution in [1.29, 1.82) is 0 Å².